The van der Waals surface area contributed by atoms with Crippen LogP contribution in [0.2, 0.25) is 0 Å². The van der Waals surface area contributed by atoms with E-state index in [9.17, 15) is 31.6 Å². The van der Waals surface area contributed by atoms with E-state index in [1.807, 2.05) is 31.2 Å². The van der Waals surface area contributed by atoms with E-state index >= 15 is 0 Å². The van der Waals surface area contributed by atoms with Crippen molar-refractivity contribution in [2.45, 2.75) is 22.5 Å². The molecule has 0 bridgehead atoms. The van der Waals surface area contributed by atoms with Gasteiger partial charge in [-0.15, -0.1) is 0 Å². The first-order chi connectivity index (χ1) is 29.2. The maximum atomic E-state index is 13.6. The SMILES string of the molecule is COc1ccc(Oc2ccc(S(=O)(=O)Cc3cccn(C)c3=O)cc2)cc1.Cc1ccc(Oc2ccc(S(=O)(=O)N(CCN3CCOCC3)c3cccn(O)c3=O)cc2)cc1. The van der Waals surface area contributed by atoms with Crippen LogP contribution < -0.4 is 29.6 Å². The molecule has 0 spiro atoms. The van der Waals surface area contributed by atoms with Crippen molar-refractivity contribution in [1.82, 2.24) is 14.2 Å². The van der Waals surface area contributed by atoms with Gasteiger partial charge in [-0.3, -0.25) is 18.8 Å². The van der Waals surface area contributed by atoms with Gasteiger partial charge in [-0.2, -0.15) is 4.73 Å². The average molecular weight is 871 g/mol. The van der Waals surface area contributed by atoms with Crippen molar-refractivity contribution in [3.8, 4) is 28.7 Å². The molecule has 0 aliphatic carbocycles. The molecule has 6 aromatic rings. The average Bonchev–Trinajstić information content (AvgIpc) is 3.26. The summed E-state index contributed by atoms with van der Waals surface area (Å²) in [6.45, 7) is 4.94. The summed E-state index contributed by atoms with van der Waals surface area (Å²) in [5.74, 6) is 2.62. The normalized spacial score (nSPS) is 13.1. The van der Waals surface area contributed by atoms with E-state index in [1.54, 1.807) is 75.0 Å². The zero-order chi connectivity index (χ0) is 43.6. The molecule has 0 amide bonds. The fourth-order valence-electron chi connectivity index (χ4n) is 6.18. The van der Waals surface area contributed by atoms with Crippen LogP contribution in [0.25, 0.3) is 0 Å². The molecule has 0 unspecified atom stereocenters. The minimum absolute atomic E-state index is 0.0125. The number of sulfone groups is 1. The monoisotopic (exact) mass is 870 g/mol. The van der Waals surface area contributed by atoms with Crippen molar-refractivity contribution in [2.24, 2.45) is 7.05 Å². The quantitative estimate of drug-likeness (QED) is 0.129. The number of hydrogen-bond donors (Lipinski definition) is 1. The topological polar surface area (TPSA) is 176 Å². The third-order valence-electron chi connectivity index (χ3n) is 9.59. The number of anilines is 1. The third-order valence-corrected chi connectivity index (χ3v) is 13.1. The van der Waals surface area contributed by atoms with Crippen LogP contribution in [-0.4, -0.2) is 82.7 Å². The maximum absolute atomic E-state index is 13.6. The highest BCUT2D eigenvalue weighted by atomic mass is 32.2. The Balaban J connectivity index is 0.000000210. The van der Waals surface area contributed by atoms with E-state index in [2.05, 4.69) is 4.90 Å². The van der Waals surface area contributed by atoms with Crippen molar-refractivity contribution in [3.05, 3.63) is 166 Å². The van der Waals surface area contributed by atoms with Crippen molar-refractivity contribution < 1.29 is 41.0 Å². The fraction of sp³-hybridized carbons (Fsp3) is 0.227. The Kier molecular flexibility index (Phi) is 14.3. The van der Waals surface area contributed by atoms with Crippen LogP contribution in [-0.2, 0) is 37.4 Å². The van der Waals surface area contributed by atoms with E-state index in [0.717, 1.165) is 21.8 Å². The molecule has 0 saturated carbocycles. The second kappa shape index (κ2) is 19.8. The molecule has 4 aromatic carbocycles. The number of pyridine rings is 2. The highest BCUT2D eigenvalue weighted by Gasteiger charge is 2.28. The lowest BCUT2D eigenvalue weighted by atomic mass is 10.2. The standard InChI is InChI=1S/C24H27N3O6S.C20H19NO5S/c1-19-4-6-20(7-5-19)33-21-8-10-22(11-9-21)34(30,31)27(14-13-25-15-17-32-18-16-25)23-3-2-12-26(29)24(23)28;1-21-13-3-4-15(20(21)22)14-27(23,24)19-11-9-18(10-12-19)26-17-7-5-16(25-2)6-8-17/h2-12,29H,13-18H2,1H3;3-13H,14H2,1-2H3. The van der Waals surface area contributed by atoms with Crippen LogP contribution in [0.4, 0.5) is 5.69 Å². The van der Waals surface area contributed by atoms with Crippen molar-refractivity contribution >= 4 is 25.5 Å². The van der Waals surface area contributed by atoms with Crippen molar-refractivity contribution in [3.63, 3.8) is 0 Å². The van der Waals surface area contributed by atoms with Gasteiger partial charge in [0, 0.05) is 51.2 Å². The van der Waals surface area contributed by atoms with Gasteiger partial charge in [0.05, 0.1) is 35.9 Å². The number of hydrogen-bond acceptors (Lipinski definition) is 12. The summed E-state index contributed by atoms with van der Waals surface area (Å²) in [5.41, 5.74) is 0.0820. The second-order valence-corrected chi connectivity index (χ2v) is 17.8. The molecule has 1 fully saturated rings. The molecule has 1 N–H and O–H groups in total. The molecule has 61 heavy (non-hydrogen) atoms. The summed E-state index contributed by atoms with van der Waals surface area (Å²) in [7, 11) is -4.56. The van der Waals surface area contributed by atoms with Crippen LogP contribution >= 0.6 is 0 Å². The Morgan fingerprint density at radius 2 is 1.18 bits per heavy atom. The molecular weight excluding hydrogens is 825 g/mol. The number of methoxy groups -OCH3 is 1. The second-order valence-electron chi connectivity index (χ2n) is 13.9. The minimum Gasteiger partial charge on any atom is -0.497 e. The van der Waals surface area contributed by atoms with Gasteiger partial charge in [-0.25, -0.2) is 16.8 Å². The molecule has 1 saturated heterocycles. The predicted molar refractivity (Wildman–Crippen MR) is 229 cm³/mol. The van der Waals surface area contributed by atoms with E-state index in [4.69, 9.17) is 18.9 Å². The Hall–Kier alpha value is -6.40. The van der Waals surface area contributed by atoms with Gasteiger partial charge in [0.25, 0.3) is 15.6 Å². The summed E-state index contributed by atoms with van der Waals surface area (Å²) >= 11 is 0. The van der Waals surface area contributed by atoms with E-state index in [0.29, 0.717) is 60.6 Å². The first-order valence-corrected chi connectivity index (χ1v) is 22.2. The van der Waals surface area contributed by atoms with Gasteiger partial charge in [-0.05, 0) is 110 Å². The third kappa shape index (κ3) is 11.5. The molecule has 0 radical (unpaired) electrons. The zero-order valence-electron chi connectivity index (χ0n) is 33.8. The summed E-state index contributed by atoms with van der Waals surface area (Å²) in [6.07, 6.45) is 2.75. The number of aryl methyl sites for hydroxylation is 2. The van der Waals surface area contributed by atoms with Crippen molar-refractivity contribution in [2.75, 3.05) is 50.8 Å². The Morgan fingerprint density at radius 3 is 1.75 bits per heavy atom. The molecule has 3 heterocycles. The number of aromatic nitrogens is 2. The Bertz CT molecular complexity index is 2730. The number of sulfonamides is 1. The van der Waals surface area contributed by atoms with Crippen LogP contribution in [0.15, 0.2) is 153 Å². The Labute approximate surface area is 354 Å². The van der Waals surface area contributed by atoms with Crippen LogP contribution in [0, 0.1) is 6.92 Å². The summed E-state index contributed by atoms with van der Waals surface area (Å²) in [4.78, 5) is 26.8. The lowest BCUT2D eigenvalue weighted by molar-refractivity contribution is 0.0395. The molecule has 15 nitrogen and oxygen atoms in total. The van der Waals surface area contributed by atoms with Gasteiger partial charge in [-0.1, -0.05) is 23.8 Å². The van der Waals surface area contributed by atoms with Crippen molar-refractivity contribution in [1.29, 1.82) is 0 Å². The van der Waals surface area contributed by atoms with E-state index in [-0.39, 0.29) is 38.9 Å². The number of benzene rings is 4. The molecule has 2 aromatic heterocycles. The smallest absolute Gasteiger partial charge is 0.307 e. The summed E-state index contributed by atoms with van der Waals surface area (Å²) in [5, 5.41) is 9.84. The molecule has 1 aliphatic heterocycles. The first-order valence-electron chi connectivity index (χ1n) is 19.1. The number of nitrogens with zero attached hydrogens (tertiary/aromatic N) is 4. The van der Waals surface area contributed by atoms with Gasteiger partial charge < -0.3 is 28.7 Å². The highest BCUT2D eigenvalue weighted by Crippen LogP contribution is 2.28. The van der Waals surface area contributed by atoms with Gasteiger partial charge >= 0.3 is 5.56 Å². The first kappa shape index (κ1) is 44.2. The fourth-order valence-corrected chi connectivity index (χ4v) is 8.99. The Morgan fingerprint density at radius 1 is 0.672 bits per heavy atom. The predicted octanol–water partition coefficient (Wildman–Crippen LogP) is 5.87. The molecule has 0 atom stereocenters. The highest BCUT2D eigenvalue weighted by molar-refractivity contribution is 7.92. The lowest BCUT2D eigenvalue weighted by Gasteiger charge is -2.30. The van der Waals surface area contributed by atoms with E-state index < -0.39 is 25.4 Å². The molecule has 320 valence electrons. The summed E-state index contributed by atoms with van der Waals surface area (Å²) in [6, 6.07) is 32.7. The maximum Gasteiger partial charge on any atom is 0.307 e. The van der Waals surface area contributed by atoms with E-state index in [1.165, 1.54) is 47.0 Å². The molecular formula is C44H46N4O11S2. The van der Waals surface area contributed by atoms with Crippen LogP contribution in [0.1, 0.15) is 11.1 Å². The molecule has 1 aliphatic rings. The molecule has 7 rings (SSSR count). The van der Waals surface area contributed by atoms with Gasteiger partial charge in [0.2, 0.25) is 0 Å². The van der Waals surface area contributed by atoms with Crippen LogP contribution in [0.5, 0.6) is 28.7 Å². The number of rotatable bonds is 14. The summed E-state index contributed by atoms with van der Waals surface area (Å²) < 4.78 is 77.1. The van der Waals surface area contributed by atoms with Crippen LogP contribution in [0.3, 0.4) is 0 Å². The molecule has 17 heteroatoms. The minimum atomic E-state index is -4.09. The number of ether oxygens (including phenoxy) is 4. The zero-order valence-corrected chi connectivity index (χ0v) is 35.4. The largest absolute Gasteiger partial charge is 0.497 e. The lowest BCUT2D eigenvalue weighted by Crippen LogP contribution is -2.44. The van der Waals surface area contributed by atoms with Gasteiger partial charge in [0.15, 0.2) is 9.84 Å². The number of morpholine rings is 1. The van der Waals surface area contributed by atoms with Gasteiger partial charge in [0.1, 0.15) is 34.4 Å².